The zero-order chi connectivity index (χ0) is 19.6. The van der Waals surface area contributed by atoms with Crippen molar-refractivity contribution in [1.82, 2.24) is 5.32 Å². The van der Waals surface area contributed by atoms with Gasteiger partial charge in [0.25, 0.3) is 5.91 Å². The van der Waals surface area contributed by atoms with E-state index in [4.69, 9.17) is 25.8 Å². The Kier molecular flexibility index (Phi) is 8.43. The van der Waals surface area contributed by atoms with Crippen LogP contribution in [0.1, 0.15) is 36.2 Å². The van der Waals surface area contributed by atoms with Crippen molar-refractivity contribution in [3.8, 4) is 11.5 Å². The molecule has 2 aromatic carbocycles. The maximum Gasteiger partial charge on any atom is 0.251 e. The lowest BCUT2D eigenvalue weighted by molar-refractivity contribution is 0.0757. The first-order valence-electron chi connectivity index (χ1n) is 8.94. The van der Waals surface area contributed by atoms with Crippen molar-refractivity contribution in [2.75, 3.05) is 20.3 Å². The van der Waals surface area contributed by atoms with Crippen molar-refractivity contribution in [2.45, 2.75) is 33.0 Å². The first-order valence-corrected chi connectivity index (χ1v) is 9.32. The summed E-state index contributed by atoms with van der Waals surface area (Å²) in [5.74, 6) is 0.941. The quantitative estimate of drug-likeness (QED) is 0.607. The van der Waals surface area contributed by atoms with E-state index in [1.807, 2.05) is 38.1 Å². The zero-order valence-electron chi connectivity index (χ0n) is 16.0. The van der Waals surface area contributed by atoms with E-state index in [2.05, 4.69) is 5.32 Å². The molecule has 0 atom stereocenters. The SMILES string of the molecule is COc1cc(C(=O)NCCCOC(C)C)ccc1OCc1ccc(Cl)cc1. The molecule has 27 heavy (non-hydrogen) atoms. The molecule has 0 saturated heterocycles. The second kappa shape index (κ2) is 10.8. The van der Waals surface area contributed by atoms with Gasteiger partial charge in [-0.2, -0.15) is 0 Å². The number of hydrogen-bond donors (Lipinski definition) is 1. The van der Waals surface area contributed by atoms with E-state index in [0.717, 1.165) is 12.0 Å². The Balaban J connectivity index is 1.90. The summed E-state index contributed by atoms with van der Waals surface area (Å²) in [4.78, 5) is 12.3. The van der Waals surface area contributed by atoms with E-state index in [1.54, 1.807) is 25.3 Å². The standard InChI is InChI=1S/C21H26ClNO4/c1-15(2)26-12-4-11-23-21(24)17-7-10-19(20(13-17)25-3)27-14-16-5-8-18(22)9-6-16/h5-10,13,15H,4,11-12,14H2,1-3H3,(H,23,24). The summed E-state index contributed by atoms with van der Waals surface area (Å²) in [5.41, 5.74) is 1.52. The van der Waals surface area contributed by atoms with Crippen LogP contribution in [0, 0.1) is 0 Å². The van der Waals surface area contributed by atoms with E-state index in [-0.39, 0.29) is 12.0 Å². The summed E-state index contributed by atoms with van der Waals surface area (Å²) in [7, 11) is 1.55. The molecule has 0 aromatic heterocycles. The second-order valence-corrected chi connectivity index (χ2v) is 6.75. The van der Waals surface area contributed by atoms with Gasteiger partial charge < -0.3 is 19.5 Å². The van der Waals surface area contributed by atoms with Crippen LogP contribution < -0.4 is 14.8 Å². The molecule has 1 N–H and O–H groups in total. The van der Waals surface area contributed by atoms with Crippen LogP contribution >= 0.6 is 11.6 Å². The van der Waals surface area contributed by atoms with Gasteiger partial charge >= 0.3 is 0 Å². The highest BCUT2D eigenvalue weighted by molar-refractivity contribution is 6.30. The number of benzene rings is 2. The first kappa shape index (κ1) is 21.1. The molecule has 2 aromatic rings. The second-order valence-electron chi connectivity index (χ2n) is 6.31. The maximum atomic E-state index is 12.3. The third-order valence-electron chi connectivity index (χ3n) is 3.79. The van der Waals surface area contributed by atoms with Crippen molar-refractivity contribution in [3.05, 3.63) is 58.6 Å². The molecule has 146 valence electrons. The molecule has 0 aliphatic rings. The highest BCUT2D eigenvalue weighted by Gasteiger charge is 2.11. The predicted molar refractivity (Wildman–Crippen MR) is 107 cm³/mol. The Hall–Kier alpha value is -2.24. The number of halogens is 1. The molecule has 5 nitrogen and oxygen atoms in total. The molecule has 0 unspecified atom stereocenters. The molecule has 0 aliphatic heterocycles. The smallest absolute Gasteiger partial charge is 0.251 e. The van der Waals surface area contributed by atoms with Crippen LogP contribution in [-0.4, -0.2) is 32.3 Å². The van der Waals surface area contributed by atoms with Gasteiger partial charge in [0, 0.05) is 23.7 Å². The van der Waals surface area contributed by atoms with Crippen LogP contribution in [0.5, 0.6) is 11.5 Å². The number of methoxy groups -OCH3 is 1. The molecule has 0 fully saturated rings. The molecular weight excluding hydrogens is 366 g/mol. The zero-order valence-corrected chi connectivity index (χ0v) is 16.7. The summed E-state index contributed by atoms with van der Waals surface area (Å²) in [6.07, 6.45) is 0.967. The minimum atomic E-state index is -0.151. The monoisotopic (exact) mass is 391 g/mol. The maximum absolute atomic E-state index is 12.3. The van der Waals surface area contributed by atoms with Crippen molar-refractivity contribution in [3.63, 3.8) is 0 Å². The Bertz CT molecular complexity index is 731. The average Bonchev–Trinajstić information content (AvgIpc) is 2.66. The van der Waals surface area contributed by atoms with E-state index in [9.17, 15) is 4.79 Å². The van der Waals surface area contributed by atoms with Crippen LogP contribution in [0.2, 0.25) is 5.02 Å². The Morgan fingerprint density at radius 3 is 2.52 bits per heavy atom. The minimum absolute atomic E-state index is 0.151. The van der Waals surface area contributed by atoms with Gasteiger partial charge in [0.05, 0.1) is 13.2 Å². The third-order valence-corrected chi connectivity index (χ3v) is 4.04. The fourth-order valence-electron chi connectivity index (χ4n) is 2.36. The van der Waals surface area contributed by atoms with Crippen molar-refractivity contribution in [1.29, 1.82) is 0 Å². The van der Waals surface area contributed by atoms with Gasteiger partial charge in [0.2, 0.25) is 0 Å². The van der Waals surface area contributed by atoms with Crippen LogP contribution in [0.4, 0.5) is 0 Å². The van der Waals surface area contributed by atoms with Crippen molar-refractivity contribution in [2.24, 2.45) is 0 Å². The first-order chi connectivity index (χ1) is 13.0. The summed E-state index contributed by atoms with van der Waals surface area (Å²) in [5, 5.41) is 3.56. The number of nitrogens with one attached hydrogen (secondary N) is 1. The van der Waals surface area contributed by atoms with E-state index < -0.39 is 0 Å². The van der Waals surface area contributed by atoms with Crippen LogP contribution in [0.15, 0.2) is 42.5 Å². The van der Waals surface area contributed by atoms with Gasteiger partial charge in [0.1, 0.15) is 6.61 Å². The van der Waals surface area contributed by atoms with Gasteiger partial charge in [-0.3, -0.25) is 4.79 Å². The van der Waals surface area contributed by atoms with Crippen LogP contribution in [0.25, 0.3) is 0 Å². The number of rotatable bonds is 10. The molecule has 0 saturated carbocycles. The van der Waals surface area contributed by atoms with Gasteiger partial charge in [-0.1, -0.05) is 23.7 Å². The number of carbonyl (C=O) groups is 1. The Labute approximate surface area is 165 Å². The summed E-state index contributed by atoms with van der Waals surface area (Å²) in [6.45, 7) is 5.54. The highest BCUT2D eigenvalue weighted by atomic mass is 35.5. The predicted octanol–water partition coefficient (Wildman–Crippen LogP) is 4.47. The van der Waals surface area contributed by atoms with Crippen molar-refractivity contribution >= 4 is 17.5 Å². The normalized spacial score (nSPS) is 10.7. The van der Waals surface area contributed by atoms with Crippen LogP contribution in [0.3, 0.4) is 0 Å². The fraction of sp³-hybridized carbons (Fsp3) is 0.381. The topological polar surface area (TPSA) is 56.8 Å². The molecule has 0 aliphatic carbocycles. The van der Waals surface area contributed by atoms with Gasteiger partial charge in [-0.25, -0.2) is 0 Å². The van der Waals surface area contributed by atoms with Gasteiger partial charge in [-0.15, -0.1) is 0 Å². The van der Waals surface area contributed by atoms with E-state index >= 15 is 0 Å². The largest absolute Gasteiger partial charge is 0.493 e. The summed E-state index contributed by atoms with van der Waals surface area (Å²) in [6, 6.07) is 12.6. The molecule has 6 heteroatoms. The Morgan fingerprint density at radius 2 is 1.85 bits per heavy atom. The van der Waals surface area contributed by atoms with E-state index in [0.29, 0.717) is 41.8 Å². The lowest BCUT2D eigenvalue weighted by atomic mass is 10.2. The summed E-state index contributed by atoms with van der Waals surface area (Å²) >= 11 is 5.89. The lowest BCUT2D eigenvalue weighted by Crippen LogP contribution is -2.25. The lowest BCUT2D eigenvalue weighted by Gasteiger charge is -2.13. The molecule has 0 heterocycles. The van der Waals surface area contributed by atoms with E-state index in [1.165, 1.54) is 0 Å². The number of amides is 1. The average molecular weight is 392 g/mol. The fourth-order valence-corrected chi connectivity index (χ4v) is 2.49. The number of ether oxygens (including phenoxy) is 3. The van der Waals surface area contributed by atoms with Gasteiger partial charge in [-0.05, 0) is 56.2 Å². The molecule has 0 spiro atoms. The van der Waals surface area contributed by atoms with Gasteiger partial charge in [0.15, 0.2) is 11.5 Å². The molecular formula is C21H26ClNO4. The Morgan fingerprint density at radius 1 is 1.11 bits per heavy atom. The molecule has 1 amide bonds. The molecule has 0 bridgehead atoms. The molecule has 2 rings (SSSR count). The molecule has 0 radical (unpaired) electrons. The summed E-state index contributed by atoms with van der Waals surface area (Å²) < 4.78 is 16.6. The highest BCUT2D eigenvalue weighted by Crippen LogP contribution is 2.29. The van der Waals surface area contributed by atoms with Crippen molar-refractivity contribution < 1.29 is 19.0 Å². The van der Waals surface area contributed by atoms with Crippen LogP contribution in [-0.2, 0) is 11.3 Å². The number of hydrogen-bond acceptors (Lipinski definition) is 4. The third kappa shape index (κ3) is 7.12. The number of carbonyl (C=O) groups excluding carboxylic acids is 1. The minimum Gasteiger partial charge on any atom is -0.493 e.